The van der Waals surface area contributed by atoms with Crippen LogP contribution in [0.3, 0.4) is 0 Å². The Hall–Kier alpha value is -2.59. The van der Waals surface area contributed by atoms with Gasteiger partial charge in [0, 0.05) is 17.0 Å². The summed E-state index contributed by atoms with van der Waals surface area (Å²) in [5.74, 6) is 0.428. The number of aromatic nitrogens is 2. The Kier molecular flexibility index (Phi) is 3.60. The lowest BCUT2D eigenvalue weighted by molar-refractivity contribution is 0.0951. The Bertz CT molecular complexity index is 939. The first-order valence-corrected chi connectivity index (χ1v) is 8.38. The fraction of sp³-hybridized carbons (Fsp3) is 0.0526. The van der Waals surface area contributed by atoms with E-state index in [2.05, 4.69) is 17.1 Å². The summed E-state index contributed by atoms with van der Waals surface area (Å²) in [7, 11) is 0. The maximum absolute atomic E-state index is 12.8. The molecule has 3 nitrogen and oxygen atoms in total. The van der Waals surface area contributed by atoms with Crippen molar-refractivity contribution in [3.8, 4) is 0 Å². The molecule has 0 aliphatic rings. The molecule has 0 aliphatic heterocycles. The average Bonchev–Trinajstić information content (AvgIpc) is 2.95. The molecular weight excluding hydrogens is 304 g/mol. The van der Waals surface area contributed by atoms with Crippen molar-refractivity contribution in [2.24, 2.45) is 0 Å². The number of hydrogen-bond donors (Lipinski definition) is 0. The van der Waals surface area contributed by atoms with Gasteiger partial charge in [0.05, 0.1) is 21.8 Å². The van der Waals surface area contributed by atoms with Crippen LogP contribution in [0.25, 0.3) is 21.8 Å². The van der Waals surface area contributed by atoms with E-state index in [0.29, 0.717) is 5.75 Å². The monoisotopic (exact) mass is 318 g/mol. The number of nitrogens with zero attached hydrogens (tertiary/aromatic N) is 2. The van der Waals surface area contributed by atoms with Crippen LogP contribution in [0.1, 0.15) is 4.79 Å². The van der Waals surface area contributed by atoms with Crippen molar-refractivity contribution in [1.29, 1.82) is 0 Å². The van der Waals surface area contributed by atoms with Crippen LogP contribution in [0.2, 0.25) is 0 Å². The molecule has 0 saturated carbocycles. The van der Waals surface area contributed by atoms with Gasteiger partial charge in [0.1, 0.15) is 0 Å². The van der Waals surface area contributed by atoms with E-state index in [4.69, 9.17) is 0 Å². The lowest BCUT2D eigenvalue weighted by Gasteiger charge is -2.05. The van der Waals surface area contributed by atoms with Crippen LogP contribution in [-0.4, -0.2) is 21.2 Å². The summed E-state index contributed by atoms with van der Waals surface area (Å²) in [5.41, 5.74) is 1.92. The lowest BCUT2D eigenvalue weighted by Crippen LogP contribution is -2.12. The second-order valence-corrected chi connectivity index (χ2v) is 6.22. The number of thioether (sulfide) groups is 1. The number of benzene rings is 2. The fourth-order valence-corrected chi connectivity index (χ4v) is 3.53. The summed E-state index contributed by atoms with van der Waals surface area (Å²) in [6, 6.07) is 21.8. The predicted octanol–water partition coefficient (Wildman–Crippen LogP) is 4.62. The van der Waals surface area contributed by atoms with Gasteiger partial charge in [-0.25, -0.2) is 4.98 Å². The summed E-state index contributed by atoms with van der Waals surface area (Å²) in [4.78, 5) is 17.1. The van der Waals surface area contributed by atoms with Crippen molar-refractivity contribution in [2.75, 3.05) is 5.75 Å². The van der Waals surface area contributed by atoms with Gasteiger partial charge in [-0.2, -0.15) is 0 Å². The van der Waals surface area contributed by atoms with Gasteiger partial charge < -0.3 is 0 Å². The van der Waals surface area contributed by atoms with Crippen LogP contribution >= 0.6 is 11.8 Å². The molecular formula is C19H14N2OS. The van der Waals surface area contributed by atoms with Crippen LogP contribution in [-0.2, 0) is 0 Å². The zero-order chi connectivity index (χ0) is 15.6. The predicted molar refractivity (Wildman–Crippen MR) is 95.0 cm³/mol. The first-order chi connectivity index (χ1) is 11.3. The number of fused-ring (bicyclic) bond motifs is 3. The Balaban J connectivity index is 1.76. The number of carbonyl (C=O) groups is 1. The van der Waals surface area contributed by atoms with E-state index >= 15 is 0 Å². The molecule has 23 heavy (non-hydrogen) atoms. The van der Waals surface area contributed by atoms with Gasteiger partial charge >= 0.3 is 0 Å². The molecule has 0 bridgehead atoms. The number of carbonyl (C=O) groups excluding carboxylic acids is 1. The van der Waals surface area contributed by atoms with Gasteiger partial charge in [-0.05, 0) is 24.3 Å². The van der Waals surface area contributed by atoms with Crippen LogP contribution in [0.15, 0.2) is 78.0 Å². The molecule has 2 heterocycles. The van der Waals surface area contributed by atoms with E-state index in [1.54, 1.807) is 6.20 Å². The Morgan fingerprint density at radius 3 is 2.09 bits per heavy atom. The first kappa shape index (κ1) is 14.0. The van der Waals surface area contributed by atoms with E-state index in [1.165, 1.54) is 11.8 Å². The van der Waals surface area contributed by atoms with E-state index in [9.17, 15) is 4.79 Å². The molecule has 4 aromatic rings. The highest BCUT2D eigenvalue weighted by molar-refractivity contribution is 7.99. The molecule has 0 radical (unpaired) electrons. The van der Waals surface area contributed by atoms with Gasteiger partial charge in [-0.1, -0.05) is 54.2 Å². The molecule has 0 saturated heterocycles. The molecule has 0 atom stereocenters. The standard InChI is InChI=1S/C19H14N2OS/c22-19(13-23-18-11-5-6-12-20-18)21-16-9-3-1-7-14(16)15-8-2-4-10-17(15)21/h1-12H,13H2. The van der Waals surface area contributed by atoms with E-state index in [0.717, 1.165) is 26.8 Å². The maximum atomic E-state index is 12.8. The molecule has 4 heteroatoms. The molecule has 0 aliphatic carbocycles. The van der Waals surface area contributed by atoms with E-state index < -0.39 is 0 Å². The fourth-order valence-electron chi connectivity index (χ4n) is 2.82. The van der Waals surface area contributed by atoms with Crippen molar-refractivity contribution in [1.82, 2.24) is 9.55 Å². The summed E-state index contributed by atoms with van der Waals surface area (Å²) < 4.78 is 1.82. The minimum absolute atomic E-state index is 0.0676. The molecule has 2 aromatic heterocycles. The van der Waals surface area contributed by atoms with Crippen molar-refractivity contribution < 1.29 is 4.79 Å². The lowest BCUT2D eigenvalue weighted by atomic mass is 10.2. The quantitative estimate of drug-likeness (QED) is 0.517. The van der Waals surface area contributed by atoms with Crippen LogP contribution in [0.5, 0.6) is 0 Å². The molecule has 0 N–H and O–H groups in total. The third-order valence-corrected chi connectivity index (χ3v) is 4.74. The van der Waals surface area contributed by atoms with Gasteiger partial charge in [-0.15, -0.1) is 0 Å². The van der Waals surface area contributed by atoms with Crippen LogP contribution < -0.4 is 0 Å². The molecule has 0 spiro atoms. The highest BCUT2D eigenvalue weighted by atomic mass is 32.2. The smallest absolute Gasteiger partial charge is 0.241 e. The highest BCUT2D eigenvalue weighted by Gasteiger charge is 2.15. The topological polar surface area (TPSA) is 34.9 Å². The Morgan fingerprint density at radius 1 is 0.870 bits per heavy atom. The van der Waals surface area contributed by atoms with Crippen molar-refractivity contribution in [2.45, 2.75) is 5.03 Å². The largest absolute Gasteiger partial charge is 0.279 e. The minimum Gasteiger partial charge on any atom is -0.279 e. The molecule has 0 fully saturated rings. The van der Waals surface area contributed by atoms with Gasteiger partial charge in [0.25, 0.3) is 0 Å². The van der Waals surface area contributed by atoms with Crippen LogP contribution in [0.4, 0.5) is 0 Å². The Labute approximate surface area is 138 Å². The number of rotatable bonds is 3. The molecule has 0 unspecified atom stereocenters. The van der Waals surface area contributed by atoms with Crippen molar-refractivity contribution in [3.63, 3.8) is 0 Å². The normalized spacial score (nSPS) is 11.1. The SMILES string of the molecule is O=C(CSc1ccccn1)n1c2ccccc2c2ccccc21. The zero-order valence-corrected chi connectivity index (χ0v) is 13.2. The summed E-state index contributed by atoms with van der Waals surface area (Å²) in [5, 5.41) is 3.08. The molecule has 4 rings (SSSR count). The maximum Gasteiger partial charge on any atom is 0.241 e. The van der Waals surface area contributed by atoms with E-state index in [1.807, 2.05) is 59.2 Å². The van der Waals surface area contributed by atoms with Gasteiger partial charge in [0.2, 0.25) is 5.91 Å². The zero-order valence-electron chi connectivity index (χ0n) is 12.3. The van der Waals surface area contributed by atoms with Gasteiger partial charge in [-0.3, -0.25) is 9.36 Å². The number of hydrogen-bond acceptors (Lipinski definition) is 3. The number of para-hydroxylation sites is 2. The summed E-state index contributed by atoms with van der Waals surface area (Å²) >= 11 is 1.46. The Morgan fingerprint density at radius 2 is 1.48 bits per heavy atom. The average molecular weight is 318 g/mol. The number of pyridine rings is 1. The second kappa shape index (κ2) is 5.89. The highest BCUT2D eigenvalue weighted by Crippen LogP contribution is 2.29. The molecule has 0 amide bonds. The van der Waals surface area contributed by atoms with E-state index in [-0.39, 0.29) is 5.91 Å². The second-order valence-electron chi connectivity index (χ2n) is 5.22. The molecule has 2 aromatic carbocycles. The summed E-state index contributed by atoms with van der Waals surface area (Å²) in [6.07, 6.45) is 1.74. The van der Waals surface area contributed by atoms with Crippen molar-refractivity contribution in [3.05, 3.63) is 72.9 Å². The minimum atomic E-state index is 0.0676. The van der Waals surface area contributed by atoms with Gasteiger partial charge in [0.15, 0.2) is 0 Å². The van der Waals surface area contributed by atoms with Crippen LogP contribution in [0, 0.1) is 0 Å². The molecule has 112 valence electrons. The third-order valence-electron chi connectivity index (χ3n) is 3.81. The van der Waals surface area contributed by atoms with Crippen molar-refractivity contribution >= 4 is 39.5 Å². The third kappa shape index (κ3) is 2.51. The first-order valence-electron chi connectivity index (χ1n) is 7.40. The summed E-state index contributed by atoms with van der Waals surface area (Å²) in [6.45, 7) is 0.